The van der Waals surface area contributed by atoms with E-state index < -0.39 is 6.04 Å². The summed E-state index contributed by atoms with van der Waals surface area (Å²) in [5, 5.41) is 0. The van der Waals surface area contributed by atoms with Crippen molar-refractivity contribution in [3.8, 4) is 0 Å². The van der Waals surface area contributed by atoms with E-state index in [0.717, 1.165) is 5.56 Å². The van der Waals surface area contributed by atoms with E-state index >= 15 is 0 Å². The summed E-state index contributed by atoms with van der Waals surface area (Å²) in [6.45, 7) is 0.257. The Bertz CT molecular complexity index is 430. The third-order valence-electron chi connectivity index (χ3n) is 3.25. The van der Waals surface area contributed by atoms with Gasteiger partial charge in [-0.2, -0.15) is 0 Å². The van der Waals surface area contributed by atoms with Crippen LogP contribution in [0.3, 0.4) is 0 Å². The summed E-state index contributed by atoms with van der Waals surface area (Å²) in [6.07, 6.45) is 1.52. The van der Waals surface area contributed by atoms with Crippen molar-refractivity contribution in [3.63, 3.8) is 0 Å². The molecule has 1 fully saturated rings. The van der Waals surface area contributed by atoms with Crippen molar-refractivity contribution in [2.75, 3.05) is 0 Å². The van der Waals surface area contributed by atoms with Gasteiger partial charge in [0.05, 0.1) is 12.5 Å². The van der Waals surface area contributed by atoms with E-state index in [0.29, 0.717) is 12.8 Å². The third-order valence-corrected chi connectivity index (χ3v) is 3.25. The van der Waals surface area contributed by atoms with Gasteiger partial charge in [0.2, 0.25) is 0 Å². The van der Waals surface area contributed by atoms with Gasteiger partial charge in [0.25, 0.3) is 0 Å². The maximum absolute atomic E-state index is 11.6. The molecule has 2 rings (SSSR count). The topological polar surface area (TPSA) is 69.4 Å². The van der Waals surface area contributed by atoms with Gasteiger partial charge in [-0.25, -0.2) is 0 Å². The first-order valence-electron chi connectivity index (χ1n) is 6.15. The van der Waals surface area contributed by atoms with E-state index in [4.69, 9.17) is 10.5 Å². The van der Waals surface area contributed by atoms with Crippen LogP contribution in [0.1, 0.15) is 24.8 Å². The van der Waals surface area contributed by atoms with Gasteiger partial charge in [-0.1, -0.05) is 30.3 Å². The zero-order chi connectivity index (χ0) is 13.0. The fourth-order valence-electron chi connectivity index (χ4n) is 2.17. The number of hydrogen-bond donors (Lipinski definition) is 1. The molecule has 1 aromatic carbocycles. The minimum absolute atomic E-state index is 0.00772. The molecule has 1 aliphatic rings. The van der Waals surface area contributed by atoms with Crippen LogP contribution in [0.5, 0.6) is 0 Å². The van der Waals surface area contributed by atoms with Crippen LogP contribution >= 0.6 is 0 Å². The van der Waals surface area contributed by atoms with E-state index in [1.807, 2.05) is 30.3 Å². The van der Waals surface area contributed by atoms with Gasteiger partial charge in [-0.3, -0.25) is 9.59 Å². The lowest BCUT2D eigenvalue weighted by atomic mass is 10.0. The van der Waals surface area contributed by atoms with Gasteiger partial charge in [-0.15, -0.1) is 0 Å². The molecule has 1 aromatic rings. The Morgan fingerprint density at radius 3 is 2.61 bits per heavy atom. The molecule has 2 N–H and O–H groups in total. The largest absolute Gasteiger partial charge is 0.461 e. The van der Waals surface area contributed by atoms with Crippen LogP contribution in [0.2, 0.25) is 0 Å². The summed E-state index contributed by atoms with van der Waals surface area (Å²) in [5.74, 6) is -0.582. The molecule has 4 heteroatoms. The Labute approximate surface area is 106 Å². The van der Waals surface area contributed by atoms with E-state index in [9.17, 15) is 9.59 Å². The lowest BCUT2D eigenvalue weighted by molar-refractivity contribution is -0.147. The first-order valence-corrected chi connectivity index (χ1v) is 6.15. The van der Waals surface area contributed by atoms with Crippen molar-refractivity contribution in [3.05, 3.63) is 35.9 Å². The Balaban J connectivity index is 1.78. The molecule has 1 aliphatic carbocycles. The summed E-state index contributed by atoms with van der Waals surface area (Å²) in [5.41, 5.74) is 6.55. The van der Waals surface area contributed by atoms with E-state index in [2.05, 4.69) is 0 Å². The van der Waals surface area contributed by atoms with Crippen molar-refractivity contribution in [2.24, 2.45) is 11.7 Å². The first-order chi connectivity index (χ1) is 8.66. The van der Waals surface area contributed by atoms with Crippen molar-refractivity contribution >= 4 is 11.8 Å². The van der Waals surface area contributed by atoms with Crippen LogP contribution in [0, 0.1) is 5.92 Å². The number of esters is 1. The number of ketones is 1. The van der Waals surface area contributed by atoms with Crippen LogP contribution in [0.15, 0.2) is 30.3 Å². The molecular formula is C14H17NO3. The average Bonchev–Trinajstić information content (AvgIpc) is 2.70. The quantitative estimate of drug-likeness (QED) is 0.817. The predicted molar refractivity (Wildman–Crippen MR) is 66.6 cm³/mol. The molecule has 0 radical (unpaired) electrons. The summed E-state index contributed by atoms with van der Waals surface area (Å²) in [7, 11) is 0. The molecule has 0 heterocycles. The molecule has 0 amide bonds. The molecule has 1 saturated carbocycles. The monoisotopic (exact) mass is 247 g/mol. The van der Waals surface area contributed by atoms with E-state index in [-0.39, 0.29) is 30.7 Å². The molecule has 96 valence electrons. The van der Waals surface area contributed by atoms with Gasteiger partial charge >= 0.3 is 5.97 Å². The second kappa shape index (κ2) is 5.78. The molecule has 4 nitrogen and oxygen atoms in total. The number of hydrogen-bond acceptors (Lipinski definition) is 4. The van der Waals surface area contributed by atoms with Gasteiger partial charge in [0, 0.05) is 5.92 Å². The summed E-state index contributed by atoms with van der Waals surface area (Å²) in [4.78, 5) is 23.2. The second-order valence-corrected chi connectivity index (χ2v) is 4.63. The highest BCUT2D eigenvalue weighted by atomic mass is 16.5. The zero-order valence-corrected chi connectivity index (χ0v) is 10.2. The smallest absolute Gasteiger partial charge is 0.306 e. The molecule has 2 unspecified atom stereocenters. The van der Waals surface area contributed by atoms with Gasteiger partial charge in [0.15, 0.2) is 5.78 Å². The molecule has 0 spiro atoms. The van der Waals surface area contributed by atoms with Crippen molar-refractivity contribution in [1.29, 1.82) is 0 Å². The zero-order valence-electron chi connectivity index (χ0n) is 10.2. The molecule has 0 saturated heterocycles. The number of carbonyl (C=O) groups is 2. The second-order valence-electron chi connectivity index (χ2n) is 4.63. The average molecular weight is 247 g/mol. The minimum Gasteiger partial charge on any atom is -0.461 e. The summed E-state index contributed by atoms with van der Waals surface area (Å²) < 4.78 is 5.14. The predicted octanol–water partition coefficient (Wildman–Crippen LogP) is 1.43. The Hall–Kier alpha value is -1.68. The maximum Gasteiger partial charge on any atom is 0.306 e. The molecule has 0 aromatic heterocycles. The fourth-order valence-corrected chi connectivity index (χ4v) is 2.17. The lowest BCUT2D eigenvalue weighted by Crippen LogP contribution is -2.28. The Morgan fingerprint density at radius 1 is 1.28 bits per heavy atom. The normalized spacial score (nSPS) is 23.1. The molecule has 0 aliphatic heterocycles. The SMILES string of the molecule is NC1CCC(CC(=O)OCc2ccccc2)C1=O. The molecular weight excluding hydrogens is 230 g/mol. The number of Topliss-reactive ketones (excluding diaryl/α,β-unsaturated/α-hetero) is 1. The van der Waals surface area contributed by atoms with Crippen molar-refractivity contribution in [2.45, 2.75) is 31.9 Å². The standard InChI is InChI=1S/C14H17NO3/c15-12-7-6-11(14(12)17)8-13(16)18-9-10-4-2-1-3-5-10/h1-5,11-12H,6-9,15H2. The van der Waals surface area contributed by atoms with Crippen LogP contribution in [0.25, 0.3) is 0 Å². The number of benzene rings is 1. The fraction of sp³-hybridized carbons (Fsp3) is 0.429. The van der Waals surface area contributed by atoms with Crippen LogP contribution in [-0.4, -0.2) is 17.8 Å². The van der Waals surface area contributed by atoms with Crippen molar-refractivity contribution < 1.29 is 14.3 Å². The maximum atomic E-state index is 11.6. The lowest BCUT2D eigenvalue weighted by Gasteiger charge is -2.08. The highest BCUT2D eigenvalue weighted by Gasteiger charge is 2.33. The van der Waals surface area contributed by atoms with Crippen LogP contribution in [-0.2, 0) is 20.9 Å². The Kier molecular flexibility index (Phi) is 4.10. The van der Waals surface area contributed by atoms with Crippen LogP contribution in [0.4, 0.5) is 0 Å². The van der Waals surface area contributed by atoms with E-state index in [1.165, 1.54) is 0 Å². The number of carbonyl (C=O) groups excluding carboxylic acids is 2. The number of ether oxygens (including phenoxy) is 1. The summed E-state index contributed by atoms with van der Waals surface area (Å²) >= 11 is 0. The number of rotatable bonds is 4. The van der Waals surface area contributed by atoms with Crippen LogP contribution < -0.4 is 5.73 Å². The molecule has 2 atom stereocenters. The highest BCUT2D eigenvalue weighted by Crippen LogP contribution is 2.24. The van der Waals surface area contributed by atoms with Gasteiger partial charge < -0.3 is 10.5 Å². The van der Waals surface area contributed by atoms with E-state index in [1.54, 1.807) is 0 Å². The molecule has 18 heavy (non-hydrogen) atoms. The molecule has 0 bridgehead atoms. The van der Waals surface area contributed by atoms with Gasteiger partial charge in [0.1, 0.15) is 6.61 Å². The highest BCUT2D eigenvalue weighted by molar-refractivity contribution is 5.91. The summed E-state index contributed by atoms with van der Waals surface area (Å²) in [6, 6.07) is 9.08. The first kappa shape index (κ1) is 12.8. The number of nitrogens with two attached hydrogens (primary N) is 1. The third kappa shape index (κ3) is 3.17. The Morgan fingerprint density at radius 2 is 2.00 bits per heavy atom. The van der Waals surface area contributed by atoms with Crippen molar-refractivity contribution in [1.82, 2.24) is 0 Å². The van der Waals surface area contributed by atoms with Gasteiger partial charge in [-0.05, 0) is 18.4 Å². The minimum atomic E-state index is -0.392.